The van der Waals surface area contributed by atoms with Crippen LogP contribution in [0.1, 0.15) is 6.92 Å². The van der Waals surface area contributed by atoms with Gasteiger partial charge in [-0.1, -0.05) is 15.9 Å². The van der Waals surface area contributed by atoms with Gasteiger partial charge in [0.25, 0.3) is 10.0 Å². The van der Waals surface area contributed by atoms with Crippen LogP contribution < -0.4 is 10.5 Å². The first kappa shape index (κ1) is 14.8. The number of hydrogen-bond donors (Lipinski definition) is 2. The molecule has 9 heteroatoms. The monoisotopic (exact) mass is 362 g/mol. The lowest BCUT2D eigenvalue weighted by molar-refractivity contribution is 0.598. The minimum Gasteiger partial charge on any atom is -0.381 e. The normalized spacial score (nSPS) is 11.6. The van der Waals surface area contributed by atoms with Crippen LogP contribution in [-0.4, -0.2) is 18.2 Å². The second-order valence-electron chi connectivity index (χ2n) is 3.96. The van der Waals surface area contributed by atoms with Gasteiger partial charge in [-0.2, -0.15) is 5.10 Å². The fourth-order valence-electron chi connectivity index (χ4n) is 1.56. The average molecular weight is 363 g/mol. The molecule has 6 nitrogen and oxygen atoms in total. The van der Waals surface area contributed by atoms with Crippen molar-refractivity contribution in [3.8, 4) is 0 Å². The Labute approximate surface area is 124 Å². The molecule has 0 saturated carbocycles. The minimum atomic E-state index is -3.99. The summed E-state index contributed by atoms with van der Waals surface area (Å²) in [5.41, 5.74) is 5.41. The number of sulfonamides is 1. The molecule has 108 valence electrons. The smallest absolute Gasteiger partial charge is 0.267 e. The molecule has 1 aromatic carbocycles. The maximum Gasteiger partial charge on any atom is 0.267 e. The van der Waals surface area contributed by atoms with E-state index in [4.69, 9.17) is 5.73 Å². The Kier molecular flexibility index (Phi) is 4.00. The predicted octanol–water partition coefficient (Wildman–Crippen LogP) is 2.19. The van der Waals surface area contributed by atoms with Gasteiger partial charge >= 0.3 is 0 Å². The fraction of sp³-hybridized carbons (Fsp3) is 0.182. The Morgan fingerprint density at radius 3 is 2.80 bits per heavy atom. The SMILES string of the molecule is CCn1cc(S(=O)(=O)Nc2cc(Br)ccc2F)c(N)n1. The molecule has 0 spiro atoms. The van der Waals surface area contributed by atoms with Crippen molar-refractivity contribution in [3.05, 3.63) is 34.7 Å². The zero-order valence-corrected chi connectivity index (χ0v) is 12.9. The summed E-state index contributed by atoms with van der Waals surface area (Å²) in [6.07, 6.45) is 1.30. The molecule has 0 bridgehead atoms. The van der Waals surface area contributed by atoms with E-state index in [0.29, 0.717) is 11.0 Å². The van der Waals surface area contributed by atoms with E-state index in [0.717, 1.165) is 6.07 Å². The van der Waals surface area contributed by atoms with Crippen LogP contribution in [0.15, 0.2) is 33.8 Å². The van der Waals surface area contributed by atoms with E-state index < -0.39 is 15.8 Å². The zero-order valence-electron chi connectivity index (χ0n) is 10.5. The Balaban J connectivity index is 2.40. The molecule has 0 aliphatic rings. The van der Waals surface area contributed by atoms with E-state index in [-0.39, 0.29) is 16.4 Å². The van der Waals surface area contributed by atoms with Crippen LogP contribution in [0.3, 0.4) is 0 Å². The summed E-state index contributed by atoms with van der Waals surface area (Å²) in [4.78, 5) is -0.182. The first-order chi connectivity index (χ1) is 9.33. The molecule has 0 radical (unpaired) electrons. The fourth-order valence-corrected chi connectivity index (χ4v) is 3.06. The largest absolute Gasteiger partial charge is 0.381 e. The van der Waals surface area contributed by atoms with Crippen LogP contribution in [0.5, 0.6) is 0 Å². The summed E-state index contributed by atoms with van der Waals surface area (Å²) >= 11 is 3.15. The standard InChI is InChI=1S/C11H12BrFN4O2S/c1-2-17-6-10(11(14)15-17)20(18,19)16-9-5-7(12)3-4-8(9)13/h3-6,16H,2H2,1H3,(H2,14,15). The molecule has 0 fully saturated rings. The van der Waals surface area contributed by atoms with Crippen molar-refractivity contribution >= 4 is 37.5 Å². The van der Waals surface area contributed by atoms with Crippen molar-refractivity contribution < 1.29 is 12.8 Å². The van der Waals surface area contributed by atoms with E-state index in [2.05, 4.69) is 25.8 Å². The quantitative estimate of drug-likeness (QED) is 0.871. The second kappa shape index (κ2) is 5.41. The van der Waals surface area contributed by atoms with Gasteiger partial charge in [-0.05, 0) is 25.1 Å². The number of nitrogens with one attached hydrogen (secondary N) is 1. The highest BCUT2D eigenvalue weighted by atomic mass is 79.9. The summed E-state index contributed by atoms with van der Waals surface area (Å²) < 4.78 is 42.1. The number of hydrogen-bond acceptors (Lipinski definition) is 4. The van der Waals surface area contributed by atoms with Crippen molar-refractivity contribution in [2.24, 2.45) is 0 Å². The third-order valence-corrected chi connectivity index (χ3v) is 4.42. The second-order valence-corrected chi connectivity index (χ2v) is 6.53. The lowest BCUT2D eigenvalue weighted by atomic mass is 10.3. The summed E-state index contributed by atoms with van der Waals surface area (Å²) in [6, 6.07) is 3.95. The van der Waals surface area contributed by atoms with E-state index >= 15 is 0 Å². The van der Waals surface area contributed by atoms with Crippen LogP contribution in [0, 0.1) is 5.82 Å². The molecular formula is C11H12BrFN4O2S. The van der Waals surface area contributed by atoms with Gasteiger partial charge in [0.1, 0.15) is 10.7 Å². The van der Waals surface area contributed by atoms with Crippen molar-refractivity contribution in [1.82, 2.24) is 9.78 Å². The van der Waals surface area contributed by atoms with E-state index in [9.17, 15) is 12.8 Å². The number of nitrogen functional groups attached to an aromatic ring is 1. The highest BCUT2D eigenvalue weighted by Gasteiger charge is 2.22. The zero-order chi connectivity index (χ0) is 14.9. The number of halogens is 2. The van der Waals surface area contributed by atoms with Crippen molar-refractivity contribution in [1.29, 1.82) is 0 Å². The summed E-state index contributed by atoms with van der Waals surface area (Å²) in [7, 11) is -3.99. The highest BCUT2D eigenvalue weighted by Crippen LogP contribution is 2.24. The molecule has 3 N–H and O–H groups in total. The number of anilines is 2. The molecule has 0 unspecified atom stereocenters. The van der Waals surface area contributed by atoms with Crippen LogP contribution in [-0.2, 0) is 16.6 Å². The van der Waals surface area contributed by atoms with Crippen molar-refractivity contribution in [2.45, 2.75) is 18.4 Å². The van der Waals surface area contributed by atoms with Gasteiger partial charge in [-0.15, -0.1) is 0 Å². The highest BCUT2D eigenvalue weighted by molar-refractivity contribution is 9.10. The van der Waals surface area contributed by atoms with Gasteiger partial charge in [0, 0.05) is 17.2 Å². The molecule has 1 heterocycles. The maximum absolute atomic E-state index is 13.6. The van der Waals surface area contributed by atoms with Crippen LogP contribution in [0.25, 0.3) is 0 Å². The third-order valence-electron chi connectivity index (χ3n) is 2.54. The Morgan fingerprint density at radius 1 is 1.50 bits per heavy atom. The maximum atomic E-state index is 13.6. The topological polar surface area (TPSA) is 90.0 Å². The molecule has 2 rings (SSSR count). The summed E-state index contributed by atoms with van der Waals surface area (Å²) in [6.45, 7) is 2.27. The lowest BCUT2D eigenvalue weighted by Gasteiger charge is -2.08. The van der Waals surface area contributed by atoms with Gasteiger partial charge < -0.3 is 5.73 Å². The van der Waals surface area contributed by atoms with E-state index in [1.165, 1.54) is 23.0 Å². The molecular weight excluding hydrogens is 351 g/mol. The molecule has 0 saturated heterocycles. The first-order valence-electron chi connectivity index (χ1n) is 5.64. The summed E-state index contributed by atoms with van der Waals surface area (Å²) in [5, 5.41) is 3.85. The number of nitrogens with zero attached hydrogens (tertiary/aromatic N) is 2. The van der Waals surface area contributed by atoms with Crippen LogP contribution in [0.4, 0.5) is 15.9 Å². The first-order valence-corrected chi connectivity index (χ1v) is 7.92. The van der Waals surface area contributed by atoms with E-state index in [1.807, 2.05) is 0 Å². The van der Waals surface area contributed by atoms with Crippen LogP contribution >= 0.6 is 15.9 Å². The predicted molar refractivity (Wildman–Crippen MR) is 77.2 cm³/mol. The Hall–Kier alpha value is -1.61. The third kappa shape index (κ3) is 2.93. The van der Waals surface area contributed by atoms with Crippen molar-refractivity contribution in [2.75, 3.05) is 10.5 Å². The number of rotatable bonds is 4. The number of benzene rings is 1. The molecule has 0 aliphatic heterocycles. The van der Waals surface area contributed by atoms with Gasteiger partial charge in [0.2, 0.25) is 0 Å². The number of nitrogens with two attached hydrogens (primary N) is 1. The molecule has 1 aromatic heterocycles. The Morgan fingerprint density at radius 2 is 2.20 bits per heavy atom. The molecule has 20 heavy (non-hydrogen) atoms. The number of aromatic nitrogens is 2. The average Bonchev–Trinajstić information content (AvgIpc) is 2.76. The van der Waals surface area contributed by atoms with Gasteiger partial charge in [0.15, 0.2) is 5.82 Å². The molecule has 0 amide bonds. The van der Waals surface area contributed by atoms with Crippen LogP contribution in [0.2, 0.25) is 0 Å². The molecule has 0 atom stereocenters. The molecule has 0 aliphatic carbocycles. The van der Waals surface area contributed by atoms with E-state index in [1.54, 1.807) is 6.92 Å². The number of aryl methyl sites for hydroxylation is 1. The van der Waals surface area contributed by atoms with Gasteiger partial charge in [-0.3, -0.25) is 9.40 Å². The summed E-state index contributed by atoms with van der Waals surface area (Å²) in [5.74, 6) is -0.812. The molecule has 2 aromatic rings. The Bertz CT molecular complexity index is 745. The van der Waals surface area contributed by atoms with Gasteiger partial charge in [0.05, 0.1) is 5.69 Å². The lowest BCUT2D eigenvalue weighted by Crippen LogP contribution is -2.14. The minimum absolute atomic E-state index is 0.130. The van der Waals surface area contributed by atoms with Gasteiger partial charge in [-0.25, -0.2) is 12.8 Å². The van der Waals surface area contributed by atoms with Crippen molar-refractivity contribution in [3.63, 3.8) is 0 Å².